The lowest BCUT2D eigenvalue weighted by molar-refractivity contribution is -0.123. The van der Waals surface area contributed by atoms with E-state index in [0.717, 1.165) is 12.0 Å². The fourth-order valence-electron chi connectivity index (χ4n) is 1.71. The molecule has 1 aromatic rings. The van der Waals surface area contributed by atoms with Crippen molar-refractivity contribution < 1.29 is 14.3 Å². The van der Waals surface area contributed by atoms with Crippen molar-refractivity contribution in [3.05, 3.63) is 35.6 Å². The molecule has 0 aromatic heterocycles. The Balaban J connectivity index is 1.96. The van der Waals surface area contributed by atoms with E-state index in [1.165, 1.54) is 12.1 Å². The summed E-state index contributed by atoms with van der Waals surface area (Å²) in [6.45, 7) is -0.494. The van der Waals surface area contributed by atoms with Crippen LogP contribution in [0.15, 0.2) is 24.3 Å². The average Bonchev–Trinajstić information content (AvgIpc) is 2.97. The van der Waals surface area contributed by atoms with Crippen LogP contribution in [0, 0.1) is 5.82 Å². The van der Waals surface area contributed by atoms with Crippen LogP contribution in [0.2, 0.25) is 0 Å². The minimum atomic E-state index is -0.494. The van der Waals surface area contributed by atoms with Crippen molar-refractivity contribution in [3.63, 3.8) is 0 Å². The standard InChI is InChI=1S/C11H12FNO2/c12-8-3-1-2-7(4-8)9-5-10(9)13-11(15)6-14/h1-4,9-10,14H,5-6H2,(H,13,15). The molecule has 1 fully saturated rings. The molecule has 1 aliphatic rings. The van der Waals surface area contributed by atoms with Gasteiger partial charge in [0.2, 0.25) is 5.91 Å². The molecule has 0 radical (unpaired) electrons. The summed E-state index contributed by atoms with van der Waals surface area (Å²) in [6, 6.07) is 6.43. The van der Waals surface area contributed by atoms with Gasteiger partial charge in [0.05, 0.1) is 0 Å². The molecule has 0 aliphatic heterocycles. The smallest absolute Gasteiger partial charge is 0.245 e. The van der Waals surface area contributed by atoms with Crippen LogP contribution in [0.25, 0.3) is 0 Å². The molecule has 1 aliphatic carbocycles. The Bertz CT molecular complexity index is 381. The lowest BCUT2D eigenvalue weighted by Gasteiger charge is -2.02. The first kappa shape index (κ1) is 10.1. The molecular formula is C11H12FNO2. The first-order valence-electron chi connectivity index (χ1n) is 4.86. The first-order chi connectivity index (χ1) is 7.20. The number of rotatable bonds is 3. The molecule has 2 rings (SSSR count). The zero-order valence-corrected chi connectivity index (χ0v) is 8.11. The minimum absolute atomic E-state index is 0.0476. The monoisotopic (exact) mass is 209 g/mol. The van der Waals surface area contributed by atoms with Crippen molar-refractivity contribution in [2.45, 2.75) is 18.4 Å². The average molecular weight is 209 g/mol. The van der Waals surface area contributed by atoms with Crippen LogP contribution in [-0.4, -0.2) is 23.7 Å². The van der Waals surface area contributed by atoms with Crippen LogP contribution in [0.1, 0.15) is 17.9 Å². The van der Waals surface area contributed by atoms with Crippen LogP contribution < -0.4 is 5.32 Å². The second-order valence-corrected chi connectivity index (χ2v) is 3.73. The number of benzene rings is 1. The molecule has 80 valence electrons. The zero-order valence-electron chi connectivity index (χ0n) is 8.11. The third-order valence-corrected chi connectivity index (χ3v) is 2.56. The third kappa shape index (κ3) is 2.33. The van der Waals surface area contributed by atoms with Gasteiger partial charge in [0.15, 0.2) is 0 Å². The van der Waals surface area contributed by atoms with Gasteiger partial charge in [0, 0.05) is 12.0 Å². The Morgan fingerprint density at radius 1 is 1.60 bits per heavy atom. The maximum atomic E-state index is 12.9. The molecule has 0 bridgehead atoms. The molecule has 1 saturated carbocycles. The molecule has 0 heterocycles. The van der Waals surface area contributed by atoms with E-state index < -0.39 is 6.61 Å². The number of nitrogens with one attached hydrogen (secondary N) is 1. The van der Waals surface area contributed by atoms with Crippen molar-refractivity contribution in [2.24, 2.45) is 0 Å². The second-order valence-electron chi connectivity index (χ2n) is 3.73. The SMILES string of the molecule is O=C(CO)NC1CC1c1cccc(F)c1. The third-order valence-electron chi connectivity index (χ3n) is 2.56. The highest BCUT2D eigenvalue weighted by Gasteiger charge is 2.39. The maximum absolute atomic E-state index is 12.9. The van der Waals surface area contributed by atoms with E-state index in [0.29, 0.717) is 0 Å². The highest BCUT2D eigenvalue weighted by atomic mass is 19.1. The van der Waals surface area contributed by atoms with Gasteiger partial charge in [0.1, 0.15) is 12.4 Å². The Kier molecular flexibility index (Phi) is 2.68. The summed E-state index contributed by atoms with van der Waals surface area (Å²) in [5.41, 5.74) is 0.901. The van der Waals surface area contributed by atoms with E-state index in [1.54, 1.807) is 6.07 Å². The number of carbonyl (C=O) groups is 1. The van der Waals surface area contributed by atoms with Gasteiger partial charge in [-0.25, -0.2) is 4.39 Å². The van der Waals surface area contributed by atoms with Gasteiger partial charge < -0.3 is 10.4 Å². The van der Waals surface area contributed by atoms with Crippen LogP contribution in [0.5, 0.6) is 0 Å². The lowest BCUT2D eigenvalue weighted by atomic mass is 10.1. The molecular weight excluding hydrogens is 197 g/mol. The number of halogens is 1. The summed E-state index contributed by atoms with van der Waals surface area (Å²) >= 11 is 0. The number of carbonyl (C=O) groups excluding carboxylic acids is 1. The van der Waals surface area contributed by atoms with E-state index in [9.17, 15) is 9.18 Å². The normalized spacial score (nSPS) is 23.6. The summed E-state index contributed by atoms with van der Waals surface area (Å²) in [5, 5.41) is 11.2. The fraction of sp³-hybridized carbons (Fsp3) is 0.364. The van der Waals surface area contributed by atoms with Gasteiger partial charge in [-0.05, 0) is 24.1 Å². The van der Waals surface area contributed by atoms with Gasteiger partial charge in [-0.1, -0.05) is 12.1 Å². The van der Waals surface area contributed by atoms with E-state index in [2.05, 4.69) is 5.32 Å². The molecule has 2 N–H and O–H groups in total. The van der Waals surface area contributed by atoms with Gasteiger partial charge in [-0.2, -0.15) is 0 Å². The Morgan fingerprint density at radius 3 is 3.07 bits per heavy atom. The molecule has 1 aromatic carbocycles. The zero-order chi connectivity index (χ0) is 10.8. The number of aliphatic hydroxyl groups excluding tert-OH is 1. The van der Waals surface area contributed by atoms with E-state index in [1.807, 2.05) is 6.07 Å². The molecule has 2 atom stereocenters. The molecule has 3 nitrogen and oxygen atoms in total. The van der Waals surface area contributed by atoms with Crippen LogP contribution in [-0.2, 0) is 4.79 Å². The van der Waals surface area contributed by atoms with Crippen molar-refractivity contribution in [1.29, 1.82) is 0 Å². The van der Waals surface area contributed by atoms with Gasteiger partial charge in [-0.15, -0.1) is 0 Å². The summed E-state index contributed by atoms with van der Waals surface area (Å²) < 4.78 is 12.9. The summed E-state index contributed by atoms with van der Waals surface area (Å²) in [5.74, 6) is -0.443. The van der Waals surface area contributed by atoms with Crippen molar-refractivity contribution in [3.8, 4) is 0 Å². The summed E-state index contributed by atoms with van der Waals surface area (Å²) in [4.78, 5) is 10.9. The number of amides is 1. The molecule has 1 amide bonds. The number of aliphatic hydroxyl groups is 1. The fourth-order valence-corrected chi connectivity index (χ4v) is 1.71. The van der Waals surface area contributed by atoms with Gasteiger partial charge in [0.25, 0.3) is 0 Å². The van der Waals surface area contributed by atoms with E-state index in [4.69, 9.17) is 5.11 Å². The first-order valence-corrected chi connectivity index (χ1v) is 4.86. The largest absolute Gasteiger partial charge is 0.387 e. The molecule has 0 saturated heterocycles. The van der Waals surface area contributed by atoms with Crippen molar-refractivity contribution in [1.82, 2.24) is 5.32 Å². The Labute approximate surface area is 86.9 Å². The molecule has 2 unspecified atom stereocenters. The quantitative estimate of drug-likeness (QED) is 0.773. The number of hydrogen-bond acceptors (Lipinski definition) is 2. The van der Waals surface area contributed by atoms with Crippen LogP contribution >= 0.6 is 0 Å². The summed E-state index contributed by atoms with van der Waals surface area (Å²) in [6.07, 6.45) is 0.815. The van der Waals surface area contributed by atoms with Crippen LogP contribution in [0.3, 0.4) is 0 Å². The van der Waals surface area contributed by atoms with Crippen LogP contribution in [0.4, 0.5) is 4.39 Å². The predicted octanol–water partition coefficient (Wildman–Crippen LogP) is 0.790. The topological polar surface area (TPSA) is 49.3 Å². The lowest BCUT2D eigenvalue weighted by Crippen LogP contribution is -2.29. The highest BCUT2D eigenvalue weighted by molar-refractivity contribution is 5.77. The molecule has 0 spiro atoms. The number of hydrogen-bond donors (Lipinski definition) is 2. The van der Waals surface area contributed by atoms with E-state index in [-0.39, 0.29) is 23.7 Å². The van der Waals surface area contributed by atoms with Gasteiger partial charge in [-0.3, -0.25) is 4.79 Å². The van der Waals surface area contributed by atoms with E-state index >= 15 is 0 Å². The Hall–Kier alpha value is -1.42. The van der Waals surface area contributed by atoms with Gasteiger partial charge >= 0.3 is 0 Å². The highest BCUT2D eigenvalue weighted by Crippen LogP contribution is 2.40. The van der Waals surface area contributed by atoms with Crippen molar-refractivity contribution in [2.75, 3.05) is 6.61 Å². The molecule has 15 heavy (non-hydrogen) atoms. The summed E-state index contributed by atoms with van der Waals surface area (Å²) in [7, 11) is 0. The Morgan fingerprint density at radius 2 is 2.40 bits per heavy atom. The molecule has 4 heteroatoms. The second kappa shape index (κ2) is 3.98. The maximum Gasteiger partial charge on any atom is 0.245 e. The predicted molar refractivity (Wildman–Crippen MR) is 52.8 cm³/mol. The minimum Gasteiger partial charge on any atom is -0.387 e. The van der Waals surface area contributed by atoms with Crippen molar-refractivity contribution >= 4 is 5.91 Å².